The molecule has 1 aromatic rings. The highest BCUT2D eigenvalue weighted by molar-refractivity contribution is 7.98. The zero-order valence-corrected chi connectivity index (χ0v) is 11.4. The van der Waals surface area contributed by atoms with Gasteiger partial charge in [-0.05, 0) is 25.3 Å². The van der Waals surface area contributed by atoms with Gasteiger partial charge in [-0.2, -0.15) is 11.8 Å². The molecular formula is C12H19N3OS. The van der Waals surface area contributed by atoms with Crippen molar-refractivity contribution in [1.29, 1.82) is 0 Å². The van der Waals surface area contributed by atoms with Gasteiger partial charge in [-0.25, -0.2) is 0 Å². The number of pyridine rings is 1. The maximum Gasteiger partial charge on any atom is 0.272 e. The molecule has 0 unspecified atom stereocenters. The number of nitrogens with one attached hydrogen (secondary N) is 1. The Morgan fingerprint density at radius 3 is 3.00 bits per heavy atom. The molecule has 0 aliphatic heterocycles. The molecule has 0 saturated heterocycles. The first-order valence-corrected chi connectivity index (χ1v) is 7.02. The molecule has 94 valence electrons. The lowest BCUT2D eigenvalue weighted by molar-refractivity contribution is 0.0798. The van der Waals surface area contributed by atoms with Crippen molar-refractivity contribution in [2.75, 3.05) is 37.5 Å². The van der Waals surface area contributed by atoms with Crippen molar-refractivity contribution in [2.24, 2.45) is 0 Å². The number of aromatic nitrogens is 1. The summed E-state index contributed by atoms with van der Waals surface area (Å²) in [6.45, 7) is 3.60. The van der Waals surface area contributed by atoms with Crippen LogP contribution < -0.4 is 5.32 Å². The smallest absolute Gasteiger partial charge is 0.272 e. The fraction of sp³-hybridized carbons (Fsp3) is 0.500. The predicted molar refractivity (Wildman–Crippen MR) is 73.7 cm³/mol. The van der Waals surface area contributed by atoms with Gasteiger partial charge in [0.2, 0.25) is 0 Å². The molecule has 0 aromatic carbocycles. The van der Waals surface area contributed by atoms with E-state index in [-0.39, 0.29) is 5.91 Å². The van der Waals surface area contributed by atoms with E-state index < -0.39 is 0 Å². The maximum absolute atomic E-state index is 12.0. The van der Waals surface area contributed by atoms with E-state index in [4.69, 9.17) is 0 Å². The first kappa shape index (κ1) is 13.8. The van der Waals surface area contributed by atoms with Gasteiger partial charge < -0.3 is 10.2 Å². The van der Waals surface area contributed by atoms with Crippen molar-refractivity contribution >= 4 is 23.4 Å². The maximum atomic E-state index is 12.0. The summed E-state index contributed by atoms with van der Waals surface area (Å²) in [7, 11) is 1.81. The van der Waals surface area contributed by atoms with Gasteiger partial charge in [0.1, 0.15) is 5.69 Å². The van der Waals surface area contributed by atoms with E-state index in [1.54, 1.807) is 36.0 Å². The van der Waals surface area contributed by atoms with Crippen LogP contribution in [0.1, 0.15) is 17.4 Å². The molecule has 1 rings (SSSR count). The van der Waals surface area contributed by atoms with Gasteiger partial charge >= 0.3 is 0 Å². The third-order valence-corrected chi connectivity index (χ3v) is 2.93. The number of amides is 1. The van der Waals surface area contributed by atoms with Crippen molar-refractivity contribution in [3.63, 3.8) is 0 Å². The van der Waals surface area contributed by atoms with Crippen molar-refractivity contribution in [3.05, 3.63) is 24.0 Å². The van der Waals surface area contributed by atoms with Crippen LogP contribution in [0.5, 0.6) is 0 Å². The lowest BCUT2D eigenvalue weighted by atomic mass is 10.3. The average molecular weight is 253 g/mol. The molecule has 0 atom stereocenters. The van der Waals surface area contributed by atoms with Gasteiger partial charge in [-0.1, -0.05) is 0 Å². The first-order chi connectivity index (χ1) is 8.19. The molecule has 0 spiro atoms. The van der Waals surface area contributed by atoms with Gasteiger partial charge in [0, 0.05) is 37.8 Å². The van der Waals surface area contributed by atoms with Gasteiger partial charge in [0.25, 0.3) is 5.91 Å². The molecule has 1 N–H and O–H groups in total. The highest BCUT2D eigenvalue weighted by Gasteiger charge is 2.12. The number of carbonyl (C=O) groups excluding carboxylic acids is 1. The molecule has 0 bridgehead atoms. The van der Waals surface area contributed by atoms with Crippen LogP contribution in [0.3, 0.4) is 0 Å². The summed E-state index contributed by atoms with van der Waals surface area (Å²) in [5.74, 6) is 0.911. The SMILES string of the molecule is CCNc1ccnc(C(=O)N(C)CCSC)c1. The Kier molecular flexibility index (Phi) is 5.83. The first-order valence-electron chi connectivity index (χ1n) is 5.63. The predicted octanol–water partition coefficient (Wildman–Crippen LogP) is 1.95. The van der Waals surface area contributed by atoms with Crippen LogP contribution in [0.4, 0.5) is 5.69 Å². The molecule has 0 fully saturated rings. The fourth-order valence-electron chi connectivity index (χ4n) is 1.39. The molecule has 0 radical (unpaired) electrons. The number of nitrogens with zero attached hydrogens (tertiary/aromatic N) is 2. The molecule has 0 aliphatic rings. The minimum Gasteiger partial charge on any atom is -0.385 e. The molecule has 1 aromatic heterocycles. The molecule has 1 amide bonds. The third kappa shape index (κ3) is 4.26. The summed E-state index contributed by atoms with van der Waals surface area (Å²) in [6, 6.07) is 3.66. The standard InChI is InChI=1S/C12H19N3OS/c1-4-13-10-5-6-14-11(9-10)12(16)15(2)7-8-17-3/h5-6,9H,4,7-8H2,1-3H3,(H,13,14). The highest BCUT2D eigenvalue weighted by atomic mass is 32.2. The molecule has 17 heavy (non-hydrogen) atoms. The minimum absolute atomic E-state index is 0.0289. The van der Waals surface area contributed by atoms with Gasteiger partial charge in [0.05, 0.1) is 0 Å². The topological polar surface area (TPSA) is 45.2 Å². The third-order valence-electron chi connectivity index (χ3n) is 2.34. The second-order valence-electron chi connectivity index (χ2n) is 3.68. The fourth-order valence-corrected chi connectivity index (χ4v) is 1.84. The summed E-state index contributed by atoms with van der Waals surface area (Å²) < 4.78 is 0. The molecule has 4 nitrogen and oxygen atoms in total. The van der Waals surface area contributed by atoms with E-state index >= 15 is 0 Å². The number of rotatable bonds is 6. The molecule has 1 heterocycles. The Balaban J connectivity index is 2.70. The number of thioether (sulfide) groups is 1. The van der Waals surface area contributed by atoms with E-state index in [9.17, 15) is 4.79 Å². The van der Waals surface area contributed by atoms with E-state index in [1.807, 2.05) is 19.2 Å². The van der Waals surface area contributed by atoms with Crippen molar-refractivity contribution in [3.8, 4) is 0 Å². The Bertz CT molecular complexity index is 371. The number of hydrogen-bond acceptors (Lipinski definition) is 4. The average Bonchev–Trinajstić information content (AvgIpc) is 2.35. The van der Waals surface area contributed by atoms with Crippen molar-refractivity contribution in [2.45, 2.75) is 6.92 Å². The summed E-state index contributed by atoms with van der Waals surface area (Å²) in [5.41, 5.74) is 1.43. The Morgan fingerprint density at radius 2 is 2.35 bits per heavy atom. The van der Waals surface area contributed by atoms with Crippen LogP contribution in [0.2, 0.25) is 0 Å². The van der Waals surface area contributed by atoms with Crippen LogP contribution in [-0.4, -0.2) is 47.9 Å². The van der Waals surface area contributed by atoms with Crippen LogP contribution in [0, 0.1) is 0 Å². The lowest BCUT2D eigenvalue weighted by Gasteiger charge is -2.16. The number of carbonyl (C=O) groups is 1. The Labute approximate surface area is 107 Å². The van der Waals surface area contributed by atoms with E-state index in [1.165, 1.54) is 0 Å². The van der Waals surface area contributed by atoms with Gasteiger partial charge in [-0.15, -0.1) is 0 Å². The lowest BCUT2D eigenvalue weighted by Crippen LogP contribution is -2.29. The van der Waals surface area contributed by atoms with Gasteiger partial charge in [0.15, 0.2) is 0 Å². The second kappa shape index (κ2) is 7.17. The monoisotopic (exact) mass is 253 g/mol. The van der Waals surface area contributed by atoms with Crippen LogP contribution in [0.15, 0.2) is 18.3 Å². The minimum atomic E-state index is -0.0289. The summed E-state index contributed by atoms with van der Waals surface area (Å²) in [4.78, 5) is 17.8. The summed E-state index contributed by atoms with van der Waals surface area (Å²) in [5, 5.41) is 3.17. The van der Waals surface area contributed by atoms with Gasteiger partial charge in [-0.3, -0.25) is 9.78 Å². The molecule has 0 saturated carbocycles. The van der Waals surface area contributed by atoms with Crippen molar-refractivity contribution in [1.82, 2.24) is 9.88 Å². The number of hydrogen-bond donors (Lipinski definition) is 1. The van der Waals surface area contributed by atoms with E-state index in [0.717, 1.165) is 24.5 Å². The zero-order valence-electron chi connectivity index (χ0n) is 10.6. The van der Waals surface area contributed by atoms with E-state index in [2.05, 4.69) is 10.3 Å². The Morgan fingerprint density at radius 1 is 1.59 bits per heavy atom. The van der Waals surface area contributed by atoms with Crippen LogP contribution in [0.25, 0.3) is 0 Å². The normalized spacial score (nSPS) is 10.1. The highest BCUT2D eigenvalue weighted by Crippen LogP contribution is 2.09. The second-order valence-corrected chi connectivity index (χ2v) is 4.67. The van der Waals surface area contributed by atoms with E-state index in [0.29, 0.717) is 5.69 Å². The Hall–Kier alpha value is -1.23. The summed E-state index contributed by atoms with van der Waals surface area (Å²) in [6.07, 6.45) is 3.69. The van der Waals surface area contributed by atoms with Crippen molar-refractivity contribution < 1.29 is 4.79 Å². The number of anilines is 1. The zero-order chi connectivity index (χ0) is 12.7. The van der Waals surface area contributed by atoms with Crippen LogP contribution >= 0.6 is 11.8 Å². The molecule has 5 heteroatoms. The quantitative estimate of drug-likeness (QED) is 0.841. The molecule has 0 aliphatic carbocycles. The molecular weight excluding hydrogens is 234 g/mol. The largest absolute Gasteiger partial charge is 0.385 e. The summed E-state index contributed by atoms with van der Waals surface area (Å²) >= 11 is 1.73. The van der Waals surface area contributed by atoms with Crippen LogP contribution in [-0.2, 0) is 0 Å².